The lowest BCUT2D eigenvalue weighted by Gasteiger charge is -2.39. The highest BCUT2D eigenvalue weighted by molar-refractivity contribution is 5.80. The number of guanidine groups is 1. The van der Waals surface area contributed by atoms with E-state index in [1.54, 1.807) is 0 Å². The van der Waals surface area contributed by atoms with Crippen LogP contribution in [0.4, 0.5) is 0 Å². The Morgan fingerprint density at radius 3 is 2.83 bits per heavy atom. The van der Waals surface area contributed by atoms with Crippen molar-refractivity contribution < 1.29 is 0 Å². The van der Waals surface area contributed by atoms with Crippen LogP contribution in [0.2, 0.25) is 0 Å². The second kappa shape index (κ2) is 9.61. The maximum Gasteiger partial charge on any atom is 0.194 e. The first-order valence-corrected chi connectivity index (χ1v) is 10.8. The van der Waals surface area contributed by atoms with Crippen molar-refractivity contribution in [3.63, 3.8) is 0 Å². The average molecular weight is 406 g/mol. The fourth-order valence-corrected chi connectivity index (χ4v) is 4.08. The van der Waals surface area contributed by atoms with E-state index in [0.29, 0.717) is 18.5 Å². The number of aromatic nitrogens is 4. The number of nitrogens with zero attached hydrogens (tertiary/aromatic N) is 6. The quantitative estimate of drug-likeness (QED) is 0.505. The van der Waals surface area contributed by atoms with E-state index in [1.165, 1.54) is 5.56 Å². The third kappa shape index (κ3) is 4.72. The smallest absolute Gasteiger partial charge is 0.194 e. The van der Waals surface area contributed by atoms with Gasteiger partial charge >= 0.3 is 0 Å². The van der Waals surface area contributed by atoms with Crippen LogP contribution in [0.3, 0.4) is 0 Å². The van der Waals surface area contributed by atoms with E-state index in [1.807, 2.05) is 31.0 Å². The average Bonchev–Trinajstić information content (AvgIpc) is 3.45. The maximum atomic E-state index is 4.95. The van der Waals surface area contributed by atoms with Gasteiger partial charge in [0.25, 0.3) is 0 Å². The van der Waals surface area contributed by atoms with Gasteiger partial charge < -0.3 is 19.4 Å². The molecule has 3 heterocycles. The maximum absolute atomic E-state index is 4.95. The van der Waals surface area contributed by atoms with Crippen molar-refractivity contribution in [1.82, 2.24) is 29.3 Å². The number of piperidine rings is 1. The third-order valence-electron chi connectivity index (χ3n) is 5.83. The van der Waals surface area contributed by atoms with Crippen molar-refractivity contribution in [3.8, 4) is 0 Å². The van der Waals surface area contributed by atoms with Crippen molar-refractivity contribution in [2.45, 2.75) is 39.4 Å². The SMILES string of the molecule is CCNC(=NCc1nccn1Cc1ccccc1)N1CCC(C)C(n2ccnc2)C1. The molecule has 30 heavy (non-hydrogen) atoms. The van der Waals surface area contributed by atoms with Crippen LogP contribution in [0, 0.1) is 5.92 Å². The van der Waals surface area contributed by atoms with E-state index in [-0.39, 0.29) is 0 Å². The lowest BCUT2D eigenvalue weighted by atomic mass is 9.93. The molecule has 3 aromatic rings. The fraction of sp³-hybridized carbons (Fsp3) is 0.435. The van der Waals surface area contributed by atoms with E-state index < -0.39 is 0 Å². The molecule has 0 bridgehead atoms. The zero-order valence-corrected chi connectivity index (χ0v) is 17.9. The summed E-state index contributed by atoms with van der Waals surface area (Å²) in [5.41, 5.74) is 1.26. The van der Waals surface area contributed by atoms with Gasteiger partial charge in [0.05, 0.1) is 12.4 Å². The van der Waals surface area contributed by atoms with Gasteiger partial charge in [-0.2, -0.15) is 0 Å². The minimum Gasteiger partial charge on any atom is -0.357 e. The highest BCUT2D eigenvalue weighted by atomic mass is 15.3. The molecule has 2 unspecified atom stereocenters. The molecule has 1 fully saturated rings. The molecule has 1 saturated heterocycles. The number of nitrogens with one attached hydrogen (secondary N) is 1. The molecule has 0 saturated carbocycles. The van der Waals surface area contributed by atoms with Gasteiger partial charge in [-0.3, -0.25) is 0 Å². The summed E-state index contributed by atoms with van der Waals surface area (Å²) in [5.74, 6) is 2.55. The van der Waals surface area contributed by atoms with Crippen LogP contribution in [-0.2, 0) is 13.1 Å². The number of imidazole rings is 2. The van der Waals surface area contributed by atoms with Gasteiger partial charge in [-0.05, 0) is 24.8 Å². The molecular weight excluding hydrogens is 374 g/mol. The Balaban J connectivity index is 1.48. The van der Waals surface area contributed by atoms with Crippen LogP contribution < -0.4 is 5.32 Å². The number of hydrogen-bond donors (Lipinski definition) is 1. The minimum absolute atomic E-state index is 0.408. The molecule has 7 nitrogen and oxygen atoms in total. The topological polar surface area (TPSA) is 63.3 Å². The van der Waals surface area contributed by atoms with E-state index >= 15 is 0 Å². The van der Waals surface area contributed by atoms with Gasteiger partial charge in [0.15, 0.2) is 5.96 Å². The Bertz CT molecular complexity index is 930. The molecule has 1 aliphatic heterocycles. The number of benzene rings is 1. The highest BCUT2D eigenvalue weighted by Crippen LogP contribution is 2.27. The van der Waals surface area contributed by atoms with Crippen LogP contribution in [-0.4, -0.2) is 49.6 Å². The largest absolute Gasteiger partial charge is 0.357 e. The predicted molar refractivity (Wildman–Crippen MR) is 119 cm³/mol. The van der Waals surface area contributed by atoms with E-state index in [2.05, 4.69) is 73.6 Å². The number of aliphatic imine (C=N–C) groups is 1. The van der Waals surface area contributed by atoms with Gasteiger partial charge in [0.1, 0.15) is 12.4 Å². The summed E-state index contributed by atoms with van der Waals surface area (Å²) in [6.07, 6.45) is 10.9. The van der Waals surface area contributed by atoms with Crippen LogP contribution in [0.1, 0.15) is 37.7 Å². The number of likely N-dealkylation sites (tertiary alicyclic amines) is 1. The number of rotatable bonds is 6. The molecule has 7 heteroatoms. The first-order chi connectivity index (χ1) is 14.7. The van der Waals surface area contributed by atoms with Crippen LogP contribution in [0.25, 0.3) is 0 Å². The zero-order valence-electron chi connectivity index (χ0n) is 17.9. The Kier molecular flexibility index (Phi) is 6.47. The Labute approximate surface area is 178 Å². The second-order valence-electron chi connectivity index (χ2n) is 7.92. The Morgan fingerprint density at radius 2 is 2.07 bits per heavy atom. The molecule has 1 N–H and O–H groups in total. The normalized spacial score (nSPS) is 19.8. The van der Waals surface area contributed by atoms with Crippen molar-refractivity contribution in [2.75, 3.05) is 19.6 Å². The molecule has 4 rings (SSSR count). The van der Waals surface area contributed by atoms with Gasteiger partial charge in [-0.1, -0.05) is 37.3 Å². The second-order valence-corrected chi connectivity index (χ2v) is 7.92. The summed E-state index contributed by atoms with van der Waals surface area (Å²) in [6, 6.07) is 10.9. The molecule has 2 atom stereocenters. The number of hydrogen-bond acceptors (Lipinski definition) is 3. The summed E-state index contributed by atoms with van der Waals surface area (Å²) in [5, 5.41) is 3.48. The first-order valence-electron chi connectivity index (χ1n) is 10.8. The van der Waals surface area contributed by atoms with Crippen LogP contribution >= 0.6 is 0 Å². The van der Waals surface area contributed by atoms with Gasteiger partial charge in [0, 0.05) is 51.0 Å². The van der Waals surface area contributed by atoms with Crippen molar-refractivity contribution >= 4 is 5.96 Å². The summed E-state index contributed by atoms with van der Waals surface area (Å²) in [7, 11) is 0. The van der Waals surface area contributed by atoms with E-state index in [9.17, 15) is 0 Å². The standard InChI is InChI=1S/C23H31N7/c1-3-25-23(29-12-9-19(2)21(17-29)30-13-10-24-18-30)27-15-22-26-11-14-28(22)16-20-7-5-4-6-8-20/h4-8,10-11,13-14,18-19,21H,3,9,12,15-17H2,1-2H3,(H,25,27). The molecular formula is C23H31N7. The van der Waals surface area contributed by atoms with Gasteiger partial charge in [-0.25, -0.2) is 15.0 Å². The minimum atomic E-state index is 0.408. The van der Waals surface area contributed by atoms with Crippen molar-refractivity contribution in [3.05, 3.63) is 72.8 Å². The third-order valence-corrected chi connectivity index (χ3v) is 5.83. The molecule has 0 amide bonds. The summed E-state index contributed by atoms with van der Waals surface area (Å²) in [6.45, 7) is 8.60. The molecule has 1 aromatic carbocycles. The molecule has 2 aromatic heterocycles. The van der Waals surface area contributed by atoms with Crippen LogP contribution in [0.5, 0.6) is 0 Å². The molecule has 1 aliphatic rings. The van der Waals surface area contributed by atoms with E-state index in [0.717, 1.165) is 44.4 Å². The van der Waals surface area contributed by atoms with Gasteiger partial charge in [-0.15, -0.1) is 0 Å². The van der Waals surface area contributed by atoms with Crippen LogP contribution in [0.15, 0.2) is 66.4 Å². The summed E-state index contributed by atoms with van der Waals surface area (Å²) in [4.78, 5) is 16.1. The van der Waals surface area contributed by atoms with Gasteiger partial charge in [0.2, 0.25) is 0 Å². The Morgan fingerprint density at radius 1 is 1.20 bits per heavy atom. The lowest BCUT2D eigenvalue weighted by Crippen LogP contribution is -2.49. The summed E-state index contributed by atoms with van der Waals surface area (Å²) >= 11 is 0. The van der Waals surface area contributed by atoms with Crippen molar-refractivity contribution in [1.29, 1.82) is 0 Å². The zero-order chi connectivity index (χ0) is 20.8. The summed E-state index contributed by atoms with van der Waals surface area (Å²) < 4.78 is 4.40. The van der Waals surface area contributed by atoms with E-state index in [4.69, 9.17) is 4.99 Å². The monoisotopic (exact) mass is 405 g/mol. The fourth-order valence-electron chi connectivity index (χ4n) is 4.08. The lowest BCUT2D eigenvalue weighted by molar-refractivity contribution is 0.189. The first kappa shape index (κ1) is 20.2. The highest BCUT2D eigenvalue weighted by Gasteiger charge is 2.28. The molecule has 0 aliphatic carbocycles. The molecule has 158 valence electrons. The predicted octanol–water partition coefficient (Wildman–Crippen LogP) is 3.18. The Hall–Kier alpha value is -3.09. The molecule has 0 spiro atoms. The van der Waals surface area contributed by atoms with Crippen molar-refractivity contribution in [2.24, 2.45) is 10.9 Å². The molecule has 0 radical (unpaired) electrons.